The third-order valence-electron chi connectivity index (χ3n) is 3.97. The van der Waals surface area contributed by atoms with Crippen LogP contribution in [0.4, 0.5) is 0 Å². The molecule has 0 aliphatic carbocycles. The quantitative estimate of drug-likeness (QED) is 0.794. The van der Waals surface area contributed by atoms with E-state index in [2.05, 4.69) is 10.3 Å². The lowest BCUT2D eigenvalue weighted by atomic mass is 9.94. The van der Waals surface area contributed by atoms with Crippen LogP contribution in [0, 0.1) is 0 Å². The van der Waals surface area contributed by atoms with Gasteiger partial charge in [-0.05, 0) is 37.6 Å². The monoisotopic (exact) mass is 260 g/mol. The zero-order valence-electron chi connectivity index (χ0n) is 11.1. The average molecular weight is 260 g/mol. The van der Waals surface area contributed by atoms with Crippen LogP contribution in [-0.4, -0.2) is 29.8 Å². The summed E-state index contributed by atoms with van der Waals surface area (Å²) in [6, 6.07) is 6.04. The SMILES string of the molecule is COc1ccc2[nH]cc(C(O)C3CCCCN3)c2c1. The Morgan fingerprint density at radius 2 is 2.26 bits per heavy atom. The van der Waals surface area contributed by atoms with Crippen LogP contribution in [0.25, 0.3) is 10.9 Å². The molecule has 0 amide bonds. The number of hydrogen-bond acceptors (Lipinski definition) is 3. The second-order valence-corrected chi connectivity index (χ2v) is 5.16. The van der Waals surface area contributed by atoms with E-state index in [0.29, 0.717) is 0 Å². The molecule has 0 spiro atoms. The van der Waals surface area contributed by atoms with Crippen LogP contribution < -0.4 is 10.1 Å². The third kappa shape index (κ3) is 2.33. The predicted molar refractivity (Wildman–Crippen MR) is 75.5 cm³/mol. The minimum Gasteiger partial charge on any atom is -0.497 e. The second-order valence-electron chi connectivity index (χ2n) is 5.16. The lowest BCUT2D eigenvalue weighted by Crippen LogP contribution is -2.38. The molecule has 19 heavy (non-hydrogen) atoms. The summed E-state index contributed by atoms with van der Waals surface area (Å²) in [6.07, 6.45) is 4.84. The molecule has 4 heteroatoms. The molecular weight excluding hydrogens is 240 g/mol. The molecule has 1 aromatic heterocycles. The summed E-state index contributed by atoms with van der Waals surface area (Å²) >= 11 is 0. The summed E-state index contributed by atoms with van der Waals surface area (Å²) in [6.45, 7) is 0.993. The molecule has 3 N–H and O–H groups in total. The highest BCUT2D eigenvalue weighted by Crippen LogP contribution is 2.31. The Bertz CT molecular complexity index is 558. The Kier molecular flexibility index (Phi) is 3.44. The zero-order valence-corrected chi connectivity index (χ0v) is 11.1. The second kappa shape index (κ2) is 5.23. The number of H-pyrrole nitrogens is 1. The van der Waals surface area contributed by atoms with Crippen molar-refractivity contribution < 1.29 is 9.84 Å². The van der Waals surface area contributed by atoms with Crippen molar-refractivity contribution in [1.82, 2.24) is 10.3 Å². The van der Waals surface area contributed by atoms with Crippen LogP contribution in [0.2, 0.25) is 0 Å². The van der Waals surface area contributed by atoms with Crippen LogP contribution in [0.1, 0.15) is 30.9 Å². The van der Waals surface area contributed by atoms with Gasteiger partial charge in [-0.15, -0.1) is 0 Å². The van der Waals surface area contributed by atoms with Crippen molar-refractivity contribution in [2.24, 2.45) is 0 Å². The van der Waals surface area contributed by atoms with E-state index in [1.807, 2.05) is 24.4 Å². The van der Waals surface area contributed by atoms with Crippen LogP contribution in [0.5, 0.6) is 5.75 Å². The van der Waals surface area contributed by atoms with Gasteiger partial charge in [0.1, 0.15) is 5.75 Å². The van der Waals surface area contributed by atoms with Crippen LogP contribution in [0.15, 0.2) is 24.4 Å². The summed E-state index contributed by atoms with van der Waals surface area (Å²) < 4.78 is 5.26. The Balaban J connectivity index is 1.94. The fraction of sp³-hybridized carbons (Fsp3) is 0.467. The molecule has 0 bridgehead atoms. The van der Waals surface area contributed by atoms with E-state index in [-0.39, 0.29) is 6.04 Å². The molecule has 1 aliphatic heterocycles. The first kappa shape index (κ1) is 12.5. The summed E-state index contributed by atoms with van der Waals surface area (Å²) in [5.41, 5.74) is 1.99. The molecule has 2 aromatic rings. The number of benzene rings is 1. The Morgan fingerprint density at radius 1 is 1.37 bits per heavy atom. The van der Waals surface area contributed by atoms with Crippen molar-refractivity contribution in [1.29, 1.82) is 0 Å². The Labute approximate surface area is 112 Å². The largest absolute Gasteiger partial charge is 0.497 e. The number of aromatic nitrogens is 1. The van der Waals surface area contributed by atoms with Crippen molar-refractivity contribution in [3.63, 3.8) is 0 Å². The maximum atomic E-state index is 10.6. The summed E-state index contributed by atoms with van der Waals surface area (Å²) in [4.78, 5) is 3.22. The van der Waals surface area contributed by atoms with E-state index in [0.717, 1.165) is 35.2 Å². The van der Waals surface area contributed by atoms with Crippen LogP contribution >= 0.6 is 0 Å². The van der Waals surface area contributed by atoms with Crippen LogP contribution in [0.3, 0.4) is 0 Å². The van der Waals surface area contributed by atoms with Crippen molar-refractivity contribution in [2.75, 3.05) is 13.7 Å². The van der Waals surface area contributed by atoms with Gasteiger partial charge < -0.3 is 20.1 Å². The molecule has 102 valence electrons. The van der Waals surface area contributed by atoms with Gasteiger partial charge in [0.25, 0.3) is 0 Å². The highest BCUT2D eigenvalue weighted by molar-refractivity contribution is 5.85. The summed E-state index contributed by atoms with van der Waals surface area (Å²) in [5.74, 6) is 0.817. The van der Waals surface area contributed by atoms with Gasteiger partial charge in [0.05, 0.1) is 13.2 Å². The van der Waals surface area contributed by atoms with Crippen LogP contribution in [-0.2, 0) is 0 Å². The van der Waals surface area contributed by atoms with E-state index >= 15 is 0 Å². The lowest BCUT2D eigenvalue weighted by molar-refractivity contribution is 0.115. The molecular formula is C15H20N2O2. The molecule has 0 saturated carbocycles. The van der Waals surface area contributed by atoms with Gasteiger partial charge in [-0.2, -0.15) is 0 Å². The maximum absolute atomic E-state index is 10.6. The van der Waals surface area contributed by atoms with Crippen molar-refractivity contribution >= 4 is 10.9 Å². The van der Waals surface area contributed by atoms with E-state index in [1.54, 1.807) is 7.11 Å². The van der Waals surface area contributed by atoms with Crippen molar-refractivity contribution in [3.8, 4) is 5.75 Å². The van der Waals surface area contributed by atoms with E-state index in [4.69, 9.17) is 4.74 Å². The molecule has 2 heterocycles. The molecule has 1 saturated heterocycles. The number of methoxy groups -OCH3 is 1. The molecule has 0 radical (unpaired) electrons. The summed E-state index contributed by atoms with van der Waals surface area (Å²) in [7, 11) is 1.66. The first-order valence-electron chi connectivity index (χ1n) is 6.86. The molecule has 4 nitrogen and oxygen atoms in total. The van der Waals surface area contributed by atoms with Gasteiger partial charge in [-0.25, -0.2) is 0 Å². The molecule has 1 aromatic carbocycles. The molecule has 1 fully saturated rings. The van der Waals surface area contributed by atoms with Gasteiger partial charge in [-0.1, -0.05) is 6.42 Å². The third-order valence-corrected chi connectivity index (χ3v) is 3.97. The standard InChI is InChI=1S/C15H20N2O2/c1-19-10-5-6-13-11(8-10)12(9-17-13)15(18)14-4-2-3-7-16-14/h5-6,8-9,14-18H,2-4,7H2,1H3. The maximum Gasteiger partial charge on any atom is 0.119 e. The van der Waals surface area contributed by atoms with Crippen molar-refractivity contribution in [2.45, 2.75) is 31.4 Å². The predicted octanol–water partition coefficient (Wildman–Crippen LogP) is 2.35. The number of nitrogens with one attached hydrogen (secondary N) is 2. The zero-order chi connectivity index (χ0) is 13.2. The minimum absolute atomic E-state index is 0.152. The number of aliphatic hydroxyl groups excluding tert-OH is 1. The number of fused-ring (bicyclic) bond motifs is 1. The number of aromatic amines is 1. The average Bonchev–Trinajstić information content (AvgIpc) is 2.90. The van der Waals surface area contributed by atoms with Gasteiger partial charge >= 0.3 is 0 Å². The molecule has 2 atom stereocenters. The highest BCUT2D eigenvalue weighted by atomic mass is 16.5. The molecule has 3 rings (SSSR count). The van der Waals surface area contributed by atoms with Gasteiger partial charge in [0.2, 0.25) is 0 Å². The first-order chi connectivity index (χ1) is 9.29. The first-order valence-corrected chi connectivity index (χ1v) is 6.86. The van der Waals surface area contributed by atoms with Crippen molar-refractivity contribution in [3.05, 3.63) is 30.0 Å². The topological polar surface area (TPSA) is 57.3 Å². The number of piperidine rings is 1. The fourth-order valence-corrected chi connectivity index (χ4v) is 2.86. The Hall–Kier alpha value is -1.52. The number of rotatable bonds is 3. The molecule has 2 unspecified atom stereocenters. The van der Waals surface area contributed by atoms with E-state index < -0.39 is 6.10 Å². The van der Waals surface area contributed by atoms with E-state index in [1.165, 1.54) is 12.8 Å². The normalized spacial score (nSPS) is 21.5. The van der Waals surface area contributed by atoms with E-state index in [9.17, 15) is 5.11 Å². The van der Waals surface area contributed by atoms with Gasteiger partial charge in [0.15, 0.2) is 0 Å². The number of ether oxygens (including phenoxy) is 1. The highest BCUT2D eigenvalue weighted by Gasteiger charge is 2.24. The molecule has 1 aliphatic rings. The smallest absolute Gasteiger partial charge is 0.119 e. The number of hydrogen-bond donors (Lipinski definition) is 3. The Morgan fingerprint density at radius 3 is 3.00 bits per heavy atom. The summed E-state index contributed by atoms with van der Waals surface area (Å²) in [5, 5.41) is 15.0. The minimum atomic E-state index is -0.471. The lowest BCUT2D eigenvalue weighted by Gasteiger charge is -2.27. The number of aliphatic hydroxyl groups is 1. The van der Waals surface area contributed by atoms with Gasteiger partial charge in [-0.3, -0.25) is 0 Å². The van der Waals surface area contributed by atoms with Gasteiger partial charge in [0, 0.05) is 28.7 Å². The fourth-order valence-electron chi connectivity index (χ4n) is 2.86.